The molecular formula is C19H15NO5. The van der Waals surface area contributed by atoms with Crippen LogP contribution in [0.15, 0.2) is 36.4 Å². The van der Waals surface area contributed by atoms with E-state index < -0.39 is 28.7 Å². The van der Waals surface area contributed by atoms with Crippen molar-refractivity contribution in [1.82, 2.24) is 4.98 Å². The second-order valence-corrected chi connectivity index (χ2v) is 5.95. The quantitative estimate of drug-likeness (QED) is 0.233. The van der Waals surface area contributed by atoms with Crippen LogP contribution in [-0.4, -0.2) is 30.5 Å². The molecule has 1 aromatic heterocycles. The Hall–Kier alpha value is -3.54. The number of aryl methyl sites for hydroxylation is 1. The molecular weight excluding hydrogens is 322 g/mol. The molecule has 25 heavy (non-hydrogen) atoms. The van der Waals surface area contributed by atoms with Crippen molar-refractivity contribution in [1.29, 1.82) is 0 Å². The second-order valence-electron chi connectivity index (χ2n) is 5.95. The predicted octanol–water partition coefficient (Wildman–Crippen LogP) is 3.82. The first-order chi connectivity index (χ1) is 11.9. The minimum atomic E-state index is -0.969. The van der Waals surface area contributed by atoms with Gasteiger partial charge in [-0.25, -0.2) is 0 Å². The lowest BCUT2D eigenvalue weighted by Crippen LogP contribution is -1.89. The number of aromatic amines is 1. The highest BCUT2D eigenvalue weighted by Crippen LogP contribution is 2.55. The fourth-order valence-electron chi connectivity index (χ4n) is 3.27. The Morgan fingerprint density at radius 2 is 1.28 bits per heavy atom. The largest absolute Gasteiger partial charge is 0.504 e. The van der Waals surface area contributed by atoms with Crippen LogP contribution in [0.3, 0.4) is 0 Å². The van der Waals surface area contributed by atoms with Gasteiger partial charge in [-0.15, -0.1) is 0 Å². The fraction of sp³-hybridized carbons (Fsp3) is 0.0526. The molecule has 0 unspecified atom stereocenters. The molecule has 126 valence electrons. The van der Waals surface area contributed by atoms with Crippen molar-refractivity contribution < 1.29 is 25.5 Å². The number of para-hydroxylation sites is 1. The Bertz CT molecular complexity index is 1130. The van der Waals surface area contributed by atoms with E-state index in [9.17, 15) is 25.5 Å². The molecule has 0 saturated heterocycles. The number of H-pyrrole nitrogens is 1. The van der Waals surface area contributed by atoms with Crippen LogP contribution in [0.4, 0.5) is 0 Å². The van der Waals surface area contributed by atoms with E-state index in [0.29, 0.717) is 11.1 Å². The van der Waals surface area contributed by atoms with Gasteiger partial charge in [-0.05, 0) is 24.1 Å². The first-order valence-electron chi connectivity index (χ1n) is 7.61. The minimum absolute atomic E-state index is 0.147. The molecule has 0 atom stereocenters. The third kappa shape index (κ3) is 1.91. The van der Waals surface area contributed by atoms with Crippen LogP contribution >= 0.6 is 0 Å². The maximum Gasteiger partial charge on any atom is 0.208 e. The van der Waals surface area contributed by atoms with E-state index in [1.165, 1.54) is 0 Å². The van der Waals surface area contributed by atoms with Crippen molar-refractivity contribution in [3.8, 4) is 39.9 Å². The third-order valence-corrected chi connectivity index (χ3v) is 4.58. The zero-order valence-electron chi connectivity index (χ0n) is 13.2. The SMILES string of the molecule is Cc1c(-c2c(O)c(O)c(O)c(O)c2O)ccc2c1[nH]c1ccccc12. The lowest BCUT2D eigenvalue weighted by Gasteiger charge is -2.14. The standard InChI is InChI=1S/C19H15NO5/c1-8-9(13-15(21)17(23)19(25)18(24)16(13)22)6-7-11-10-4-2-3-5-12(10)20-14(8)11/h2-7,20-25H,1H3. The van der Waals surface area contributed by atoms with Crippen LogP contribution in [0.25, 0.3) is 32.9 Å². The maximum absolute atomic E-state index is 10.2. The van der Waals surface area contributed by atoms with Gasteiger partial charge in [0.05, 0.1) is 11.1 Å². The van der Waals surface area contributed by atoms with Gasteiger partial charge in [-0.2, -0.15) is 0 Å². The molecule has 0 amide bonds. The number of rotatable bonds is 1. The van der Waals surface area contributed by atoms with Gasteiger partial charge in [-0.3, -0.25) is 0 Å². The summed E-state index contributed by atoms with van der Waals surface area (Å²) in [5, 5.41) is 51.5. The normalized spacial score (nSPS) is 11.4. The smallest absolute Gasteiger partial charge is 0.208 e. The molecule has 0 bridgehead atoms. The van der Waals surface area contributed by atoms with Crippen LogP contribution in [0.2, 0.25) is 0 Å². The van der Waals surface area contributed by atoms with E-state index in [4.69, 9.17) is 0 Å². The minimum Gasteiger partial charge on any atom is -0.504 e. The van der Waals surface area contributed by atoms with Crippen molar-refractivity contribution in [3.63, 3.8) is 0 Å². The molecule has 0 aliphatic rings. The molecule has 0 saturated carbocycles. The average Bonchev–Trinajstić information content (AvgIpc) is 3.00. The second kappa shape index (κ2) is 4.98. The first kappa shape index (κ1) is 15.0. The van der Waals surface area contributed by atoms with Gasteiger partial charge in [0.25, 0.3) is 0 Å². The van der Waals surface area contributed by atoms with Crippen molar-refractivity contribution in [3.05, 3.63) is 42.0 Å². The zero-order valence-corrected chi connectivity index (χ0v) is 13.2. The van der Waals surface area contributed by atoms with E-state index in [2.05, 4.69) is 4.98 Å². The van der Waals surface area contributed by atoms with Crippen LogP contribution < -0.4 is 0 Å². The Morgan fingerprint density at radius 1 is 0.680 bits per heavy atom. The van der Waals surface area contributed by atoms with Crippen LogP contribution in [0.5, 0.6) is 28.7 Å². The Morgan fingerprint density at radius 3 is 1.96 bits per heavy atom. The lowest BCUT2D eigenvalue weighted by molar-refractivity contribution is 0.330. The van der Waals surface area contributed by atoms with Crippen LogP contribution in [0, 0.1) is 6.92 Å². The van der Waals surface area contributed by atoms with Gasteiger partial charge in [-0.1, -0.05) is 30.3 Å². The Kier molecular flexibility index (Phi) is 2.99. The van der Waals surface area contributed by atoms with E-state index in [1.54, 1.807) is 13.0 Å². The molecule has 4 aromatic rings. The number of fused-ring (bicyclic) bond motifs is 3. The molecule has 4 rings (SSSR count). The van der Waals surface area contributed by atoms with Crippen molar-refractivity contribution in [2.24, 2.45) is 0 Å². The highest BCUT2D eigenvalue weighted by Gasteiger charge is 2.25. The summed E-state index contributed by atoms with van der Waals surface area (Å²) in [7, 11) is 0. The summed E-state index contributed by atoms with van der Waals surface area (Å²) in [6.07, 6.45) is 0. The van der Waals surface area contributed by atoms with Gasteiger partial charge in [0.2, 0.25) is 17.2 Å². The molecule has 3 aromatic carbocycles. The molecule has 0 spiro atoms. The number of nitrogens with one attached hydrogen (secondary N) is 1. The lowest BCUT2D eigenvalue weighted by atomic mass is 9.95. The predicted molar refractivity (Wildman–Crippen MR) is 94.3 cm³/mol. The van der Waals surface area contributed by atoms with Crippen molar-refractivity contribution >= 4 is 21.8 Å². The highest BCUT2D eigenvalue weighted by molar-refractivity contribution is 6.10. The molecule has 0 fully saturated rings. The molecule has 6 N–H and O–H groups in total. The van der Waals surface area contributed by atoms with Crippen molar-refractivity contribution in [2.75, 3.05) is 0 Å². The average molecular weight is 337 g/mol. The summed E-state index contributed by atoms with van der Waals surface area (Å²) < 4.78 is 0. The summed E-state index contributed by atoms with van der Waals surface area (Å²) in [5.41, 5.74) is 2.74. The summed E-state index contributed by atoms with van der Waals surface area (Å²) in [6, 6.07) is 11.3. The number of phenolic OH excluding ortho intramolecular Hbond substituents is 5. The topological polar surface area (TPSA) is 117 Å². The van der Waals surface area contributed by atoms with Gasteiger partial charge in [0, 0.05) is 16.3 Å². The van der Waals surface area contributed by atoms with Crippen molar-refractivity contribution in [2.45, 2.75) is 6.92 Å². The summed E-state index contributed by atoms with van der Waals surface area (Å²) in [6.45, 7) is 1.80. The number of aromatic hydroxyl groups is 5. The number of hydrogen-bond donors (Lipinski definition) is 6. The molecule has 0 aliphatic heterocycles. The van der Waals surface area contributed by atoms with Crippen LogP contribution in [0.1, 0.15) is 5.56 Å². The fourth-order valence-corrected chi connectivity index (χ4v) is 3.27. The monoisotopic (exact) mass is 337 g/mol. The zero-order chi connectivity index (χ0) is 17.9. The molecule has 6 heteroatoms. The van der Waals surface area contributed by atoms with Crippen LogP contribution in [-0.2, 0) is 0 Å². The third-order valence-electron chi connectivity index (χ3n) is 4.58. The molecule has 6 nitrogen and oxygen atoms in total. The molecule has 0 aliphatic carbocycles. The number of hydrogen-bond acceptors (Lipinski definition) is 5. The first-order valence-corrected chi connectivity index (χ1v) is 7.61. The maximum atomic E-state index is 10.2. The van der Waals surface area contributed by atoms with Gasteiger partial charge in [0.1, 0.15) is 0 Å². The molecule has 1 heterocycles. The number of aromatic nitrogens is 1. The number of phenols is 5. The number of benzene rings is 3. The molecule has 0 radical (unpaired) electrons. The summed E-state index contributed by atoms with van der Waals surface area (Å²) in [4.78, 5) is 3.30. The van der Waals surface area contributed by atoms with Gasteiger partial charge in [0.15, 0.2) is 11.5 Å². The van der Waals surface area contributed by atoms with E-state index in [-0.39, 0.29) is 5.56 Å². The summed E-state index contributed by atoms with van der Waals surface area (Å²) >= 11 is 0. The van der Waals surface area contributed by atoms with E-state index in [0.717, 1.165) is 21.8 Å². The Balaban J connectivity index is 2.10. The summed E-state index contributed by atoms with van der Waals surface area (Å²) in [5.74, 6) is -4.15. The van der Waals surface area contributed by atoms with Gasteiger partial charge >= 0.3 is 0 Å². The van der Waals surface area contributed by atoms with E-state index in [1.807, 2.05) is 30.3 Å². The Labute approximate surface area is 141 Å². The van der Waals surface area contributed by atoms with Gasteiger partial charge < -0.3 is 30.5 Å². The van der Waals surface area contributed by atoms with E-state index >= 15 is 0 Å². The highest BCUT2D eigenvalue weighted by atomic mass is 16.4.